The molecule has 5 nitrogen and oxygen atoms in total. The van der Waals surface area contributed by atoms with Crippen molar-refractivity contribution in [2.75, 3.05) is 18.1 Å². The van der Waals surface area contributed by atoms with E-state index in [2.05, 4.69) is 10.4 Å². The molecule has 0 aliphatic carbocycles. The molecule has 0 unspecified atom stereocenters. The number of benzene rings is 1. The van der Waals surface area contributed by atoms with Crippen molar-refractivity contribution in [2.45, 2.75) is 0 Å². The summed E-state index contributed by atoms with van der Waals surface area (Å²) in [4.78, 5) is 0. The second-order valence-corrected chi connectivity index (χ2v) is 3.13. The number of anilines is 2. The molecule has 1 aromatic heterocycles. The highest BCUT2D eigenvalue weighted by Gasteiger charge is 2.05. The standard InChI is InChI=1S/C10H12N4O/c1-12-10-6-9(11)14(13-10)7-2-4-8(15)5-3-7/h2-6,15H,11H2,1H3,(H,12,13). The van der Waals surface area contributed by atoms with E-state index >= 15 is 0 Å². The summed E-state index contributed by atoms with van der Waals surface area (Å²) in [6, 6.07) is 8.42. The molecule has 78 valence electrons. The van der Waals surface area contributed by atoms with Crippen LogP contribution in [-0.2, 0) is 0 Å². The molecule has 4 N–H and O–H groups in total. The van der Waals surface area contributed by atoms with Crippen LogP contribution in [0.4, 0.5) is 11.6 Å². The van der Waals surface area contributed by atoms with E-state index in [1.807, 2.05) is 0 Å². The summed E-state index contributed by atoms with van der Waals surface area (Å²) in [7, 11) is 1.78. The van der Waals surface area contributed by atoms with Gasteiger partial charge in [-0.2, -0.15) is 0 Å². The van der Waals surface area contributed by atoms with Gasteiger partial charge in [0.2, 0.25) is 0 Å². The van der Waals surface area contributed by atoms with Crippen molar-refractivity contribution in [3.63, 3.8) is 0 Å². The fraction of sp³-hybridized carbons (Fsp3) is 0.100. The Kier molecular flexibility index (Phi) is 2.21. The van der Waals surface area contributed by atoms with E-state index in [0.717, 1.165) is 5.69 Å². The molecule has 0 aliphatic heterocycles. The zero-order valence-electron chi connectivity index (χ0n) is 8.31. The Hall–Kier alpha value is -2.17. The van der Waals surface area contributed by atoms with Crippen molar-refractivity contribution < 1.29 is 5.11 Å². The lowest BCUT2D eigenvalue weighted by Gasteiger charge is -2.03. The number of phenolic OH excluding ortho intramolecular Hbond substituents is 1. The van der Waals surface area contributed by atoms with Crippen molar-refractivity contribution in [3.05, 3.63) is 30.3 Å². The fourth-order valence-corrected chi connectivity index (χ4v) is 1.32. The average molecular weight is 204 g/mol. The summed E-state index contributed by atoms with van der Waals surface area (Å²) >= 11 is 0. The first-order valence-corrected chi connectivity index (χ1v) is 4.53. The number of nitrogens with one attached hydrogen (secondary N) is 1. The number of nitrogens with zero attached hydrogens (tertiary/aromatic N) is 2. The monoisotopic (exact) mass is 204 g/mol. The first kappa shape index (κ1) is 9.39. The summed E-state index contributed by atoms with van der Waals surface area (Å²) in [5.74, 6) is 1.48. The Bertz CT molecular complexity index is 461. The number of hydrogen-bond donors (Lipinski definition) is 3. The minimum atomic E-state index is 0.221. The molecule has 0 spiro atoms. The van der Waals surface area contributed by atoms with Gasteiger partial charge in [-0.3, -0.25) is 0 Å². The average Bonchev–Trinajstić information content (AvgIpc) is 2.61. The predicted octanol–water partition coefficient (Wildman–Crippen LogP) is 1.20. The van der Waals surface area contributed by atoms with Crippen LogP contribution in [0.1, 0.15) is 0 Å². The predicted molar refractivity (Wildman–Crippen MR) is 59.2 cm³/mol. The molecule has 0 fully saturated rings. The third-order valence-corrected chi connectivity index (χ3v) is 2.09. The summed E-state index contributed by atoms with van der Waals surface area (Å²) in [5, 5.41) is 16.3. The molecule has 0 saturated carbocycles. The normalized spacial score (nSPS) is 10.2. The fourth-order valence-electron chi connectivity index (χ4n) is 1.32. The summed E-state index contributed by atoms with van der Waals surface area (Å²) in [6.45, 7) is 0. The van der Waals surface area contributed by atoms with Gasteiger partial charge in [0, 0.05) is 13.1 Å². The molecule has 0 atom stereocenters. The highest BCUT2D eigenvalue weighted by molar-refractivity contribution is 5.51. The largest absolute Gasteiger partial charge is 0.508 e. The maximum atomic E-state index is 9.15. The lowest BCUT2D eigenvalue weighted by Crippen LogP contribution is -2.01. The molecule has 1 heterocycles. The Morgan fingerprint density at radius 1 is 1.33 bits per heavy atom. The van der Waals surface area contributed by atoms with Crippen LogP contribution in [0, 0.1) is 0 Å². The zero-order chi connectivity index (χ0) is 10.8. The second-order valence-electron chi connectivity index (χ2n) is 3.13. The summed E-state index contributed by atoms with van der Waals surface area (Å²) in [5.41, 5.74) is 6.60. The number of aromatic hydroxyl groups is 1. The molecule has 2 rings (SSSR count). The summed E-state index contributed by atoms with van der Waals surface area (Å²) < 4.78 is 1.60. The number of rotatable bonds is 2. The number of aromatic nitrogens is 2. The van der Waals surface area contributed by atoms with Crippen LogP contribution in [-0.4, -0.2) is 21.9 Å². The van der Waals surface area contributed by atoms with Crippen molar-refractivity contribution in [3.8, 4) is 11.4 Å². The van der Waals surface area contributed by atoms with Crippen LogP contribution in [0.15, 0.2) is 30.3 Å². The topological polar surface area (TPSA) is 76.1 Å². The molecule has 0 bridgehead atoms. The van der Waals surface area contributed by atoms with Crippen LogP contribution >= 0.6 is 0 Å². The van der Waals surface area contributed by atoms with E-state index in [9.17, 15) is 0 Å². The first-order chi connectivity index (χ1) is 7.20. The minimum Gasteiger partial charge on any atom is -0.508 e. The van der Waals surface area contributed by atoms with Crippen molar-refractivity contribution in [2.24, 2.45) is 0 Å². The van der Waals surface area contributed by atoms with Gasteiger partial charge >= 0.3 is 0 Å². The molecular weight excluding hydrogens is 192 g/mol. The molecular formula is C10H12N4O. The Labute approximate surface area is 87.1 Å². The Morgan fingerprint density at radius 3 is 2.53 bits per heavy atom. The zero-order valence-corrected chi connectivity index (χ0v) is 8.31. The van der Waals surface area contributed by atoms with Gasteiger partial charge in [-0.05, 0) is 24.3 Å². The van der Waals surface area contributed by atoms with Gasteiger partial charge in [-0.1, -0.05) is 0 Å². The molecule has 5 heteroatoms. The van der Waals surface area contributed by atoms with Crippen molar-refractivity contribution in [1.29, 1.82) is 0 Å². The first-order valence-electron chi connectivity index (χ1n) is 4.53. The van der Waals surface area contributed by atoms with Crippen LogP contribution in [0.25, 0.3) is 5.69 Å². The number of hydrogen-bond acceptors (Lipinski definition) is 4. The van der Waals surface area contributed by atoms with Crippen molar-refractivity contribution >= 4 is 11.6 Å². The molecule has 0 amide bonds. The van der Waals surface area contributed by atoms with E-state index in [4.69, 9.17) is 10.8 Å². The minimum absolute atomic E-state index is 0.221. The van der Waals surface area contributed by atoms with Gasteiger partial charge in [0.15, 0.2) is 0 Å². The maximum absolute atomic E-state index is 9.15. The molecule has 2 aromatic rings. The van der Waals surface area contributed by atoms with Crippen molar-refractivity contribution in [1.82, 2.24) is 9.78 Å². The molecule has 15 heavy (non-hydrogen) atoms. The summed E-state index contributed by atoms with van der Waals surface area (Å²) in [6.07, 6.45) is 0. The molecule has 1 aromatic carbocycles. The van der Waals surface area contributed by atoms with E-state index in [0.29, 0.717) is 11.6 Å². The SMILES string of the molecule is CNc1cc(N)n(-c2ccc(O)cc2)n1. The number of phenols is 1. The molecule has 0 radical (unpaired) electrons. The van der Waals surface area contributed by atoms with Gasteiger partial charge < -0.3 is 16.2 Å². The van der Waals surface area contributed by atoms with Gasteiger partial charge in [0.25, 0.3) is 0 Å². The Morgan fingerprint density at radius 2 is 2.00 bits per heavy atom. The third-order valence-electron chi connectivity index (χ3n) is 2.09. The van der Waals surface area contributed by atoms with Gasteiger partial charge in [0.05, 0.1) is 5.69 Å². The van der Waals surface area contributed by atoms with Gasteiger partial charge in [0.1, 0.15) is 17.4 Å². The molecule has 0 aliphatic rings. The highest BCUT2D eigenvalue weighted by Crippen LogP contribution is 2.18. The smallest absolute Gasteiger partial charge is 0.150 e. The van der Waals surface area contributed by atoms with Crippen LogP contribution in [0.2, 0.25) is 0 Å². The van der Waals surface area contributed by atoms with Gasteiger partial charge in [-0.15, -0.1) is 5.10 Å². The van der Waals surface area contributed by atoms with E-state index in [-0.39, 0.29) is 5.75 Å². The quantitative estimate of drug-likeness (QED) is 0.687. The highest BCUT2D eigenvalue weighted by atomic mass is 16.3. The number of nitrogen functional groups attached to an aromatic ring is 1. The van der Waals surface area contributed by atoms with E-state index in [1.165, 1.54) is 0 Å². The lowest BCUT2D eigenvalue weighted by atomic mass is 10.3. The van der Waals surface area contributed by atoms with Gasteiger partial charge in [-0.25, -0.2) is 4.68 Å². The van der Waals surface area contributed by atoms with E-state index in [1.54, 1.807) is 42.1 Å². The van der Waals surface area contributed by atoms with E-state index < -0.39 is 0 Å². The van der Waals surface area contributed by atoms with Crippen LogP contribution in [0.5, 0.6) is 5.75 Å². The second kappa shape index (κ2) is 3.53. The lowest BCUT2D eigenvalue weighted by molar-refractivity contribution is 0.475. The number of nitrogens with two attached hydrogens (primary N) is 1. The van der Waals surface area contributed by atoms with Crippen LogP contribution in [0.3, 0.4) is 0 Å². The third kappa shape index (κ3) is 1.71. The van der Waals surface area contributed by atoms with Crippen LogP contribution < -0.4 is 11.1 Å². The Balaban J connectivity index is 2.44. The maximum Gasteiger partial charge on any atom is 0.150 e. The molecule has 0 saturated heterocycles.